The average Bonchev–Trinajstić information content (AvgIpc) is 2.71. The number of anilines is 1. The summed E-state index contributed by atoms with van der Waals surface area (Å²) in [7, 11) is 2.04. The van der Waals surface area contributed by atoms with E-state index in [-0.39, 0.29) is 0 Å². The second-order valence-electron chi connectivity index (χ2n) is 3.63. The quantitative estimate of drug-likeness (QED) is 0.715. The van der Waals surface area contributed by atoms with E-state index < -0.39 is 0 Å². The molecule has 0 radical (unpaired) electrons. The first-order valence-electron chi connectivity index (χ1n) is 4.96. The number of likely N-dealkylation sites (N-methyl/N-ethyl adjacent to an activating group) is 1. The van der Waals surface area contributed by atoms with Gasteiger partial charge in [0.25, 0.3) is 0 Å². The van der Waals surface area contributed by atoms with Crippen molar-refractivity contribution in [1.82, 2.24) is 10.3 Å². The van der Waals surface area contributed by atoms with E-state index in [1.54, 1.807) is 0 Å². The molecule has 1 aliphatic rings. The lowest BCUT2D eigenvalue weighted by Crippen LogP contribution is -2.44. The van der Waals surface area contributed by atoms with Gasteiger partial charge in [-0.3, -0.25) is 0 Å². The van der Waals surface area contributed by atoms with Crippen molar-refractivity contribution in [1.29, 1.82) is 0 Å². The Morgan fingerprint density at radius 2 is 2.54 bits per heavy atom. The van der Waals surface area contributed by atoms with Crippen molar-refractivity contribution in [3.05, 3.63) is 18.3 Å². The van der Waals surface area contributed by atoms with Gasteiger partial charge in [-0.2, -0.15) is 0 Å². The van der Waals surface area contributed by atoms with Gasteiger partial charge in [0.05, 0.1) is 0 Å². The van der Waals surface area contributed by atoms with Gasteiger partial charge in [-0.1, -0.05) is 0 Å². The van der Waals surface area contributed by atoms with Crippen molar-refractivity contribution in [3.63, 3.8) is 0 Å². The maximum atomic E-state index is 3.34. The van der Waals surface area contributed by atoms with E-state index in [4.69, 9.17) is 0 Å². The molecule has 1 aliphatic heterocycles. The number of aromatic amines is 1. The number of nitrogens with zero attached hydrogens (tertiary/aromatic N) is 1. The summed E-state index contributed by atoms with van der Waals surface area (Å²) in [6.45, 7) is 2.30. The first-order chi connectivity index (χ1) is 6.40. The highest BCUT2D eigenvalue weighted by Crippen LogP contribution is 2.17. The summed E-state index contributed by atoms with van der Waals surface area (Å²) >= 11 is 0. The molecule has 3 heteroatoms. The van der Waals surface area contributed by atoms with E-state index in [2.05, 4.69) is 27.3 Å². The Bertz CT molecular complexity index is 243. The minimum atomic E-state index is 0.650. The van der Waals surface area contributed by atoms with E-state index in [9.17, 15) is 0 Å². The predicted octanol–water partition coefficient (Wildman–Crippen LogP) is 1.20. The van der Waals surface area contributed by atoms with Crippen LogP contribution in [0.2, 0.25) is 0 Å². The van der Waals surface area contributed by atoms with E-state index >= 15 is 0 Å². The van der Waals surface area contributed by atoms with Crippen molar-refractivity contribution in [2.75, 3.05) is 25.0 Å². The summed E-state index contributed by atoms with van der Waals surface area (Å²) in [4.78, 5) is 5.66. The Balaban J connectivity index is 2.00. The maximum absolute atomic E-state index is 3.34. The molecule has 0 amide bonds. The highest BCUT2D eigenvalue weighted by Gasteiger charge is 2.18. The van der Waals surface area contributed by atoms with Gasteiger partial charge in [0.1, 0.15) is 5.82 Å². The number of nitrogens with one attached hydrogen (secondary N) is 2. The molecule has 72 valence electrons. The van der Waals surface area contributed by atoms with Crippen molar-refractivity contribution in [2.45, 2.75) is 18.9 Å². The molecule has 1 unspecified atom stereocenters. The van der Waals surface area contributed by atoms with Crippen LogP contribution in [0.1, 0.15) is 12.8 Å². The van der Waals surface area contributed by atoms with Gasteiger partial charge in [0, 0.05) is 25.3 Å². The van der Waals surface area contributed by atoms with Gasteiger partial charge < -0.3 is 15.2 Å². The van der Waals surface area contributed by atoms with Crippen molar-refractivity contribution in [2.24, 2.45) is 0 Å². The molecule has 1 fully saturated rings. The summed E-state index contributed by atoms with van der Waals surface area (Å²) in [5, 5.41) is 3.34. The van der Waals surface area contributed by atoms with Crippen molar-refractivity contribution < 1.29 is 0 Å². The molecule has 2 N–H and O–H groups in total. The lowest BCUT2D eigenvalue weighted by Gasteiger charge is -2.33. The predicted molar refractivity (Wildman–Crippen MR) is 55.1 cm³/mol. The molecule has 2 heterocycles. The number of H-pyrrole nitrogens is 1. The number of hydrogen-bond donors (Lipinski definition) is 2. The molecule has 0 spiro atoms. The summed E-state index contributed by atoms with van der Waals surface area (Å²) in [6, 6.07) is 4.84. The Morgan fingerprint density at radius 3 is 3.23 bits per heavy atom. The van der Waals surface area contributed by atoms with E-state index in [1.807, 2.05) is 13.2 Å². The Hall–Kier alpha value is -0.960. The van der Waals surface area contributed by atoms with Gasteiger partial charge in [-0.05, 0) is 32.0 Å². The molecule has 1 atom stereocenters. The van der Waals surface area contributed by atoms with Crippen LogP contribution < -0.4 is 10.2 Å². The zero-order chi connectivity index (χ0) is 9.10. The largest absolute Gasteiger partial charge is 0.357 e. The lowest BCUT2D eigenvalue weighted by molar-refractivity contribution is 0.448. The van der Waals surface area contributed by atoms with E-state index in [0.717, 1.165) is 6.54 Å². The molecular formula is C10H17N3. The van der Waals surface area contributed by atoms with Crippen LogP contribution in [0.5, 0.6) is 0 Å². The summed E-state index contributed by atoms with van der Waals surface area (Å²) in [6.07, 6.45) is 4.57. The van der Waals surface area contributed by atoms with E-state index in [0.29, 0.717) is 6.04 Å². The van der Waals surface area contributed by atoms with Crippen LogP contribution in [0.15, 0.2) is 18.3 Å². The third-order valence-electron chi connectivity index (χ3n) is 2.75. The molecule has 13 heavy (non-hydrogen) atoms. The topological polar surface area (TPSA) is 31.1 Å². The molecule has 3 nitrogen and oxygen atoms in total. The summed E-state index contributed by atoms with van der Waals surface area (Å²) in [5.74, 6) is 1.25. The monoisotopic (exact) mass is 179 g/mol. The Morgan fingerprint density at radius 1 is 1.62 bits per heavy atom. The fraction of sp³-hybridized carbons (Fsp3) is 0.600. The second kappa shape index (κ2) is 3.83. The molecule has 0 aliphatic carbocycles. The zero-order valence-corrected chi connectivity index (χ0v) is 8.09. The van der Waals surface area contributed by atoms with Gasteiger partial charge in [0.15, 0.2) is 0 Å². The van der Waals surface area contributed by atoms with Crippen LogP contribution in [-0.4, -0.2) is 31.2 Å². The first kappa shape index (κ1) is 8.63. The average molecular weight is 179 g/mol. The molecule has 0 aromatic carbocycles. The number of piperidine rings is 1. The van der Waals surface area contributed by atoms with Gasteiger partial charge in [0.2, 0.25) is 0 Å². The Kier molecular flexibility index (Phi) is 2.54. The third kappa shape index (κ3) is 1.86. The third-order valence-corrected chi connectivity index (χ3v) is 2.75. The highest BCUT2D eigenvalue weighted by atomic mass is 15.2. The van der Waals surface area contributed by atoms with Crippen LogP contribution >= 0.6 is 0 Å². The smallest absolute Gasteiger partial charge is 0.105 e. The van der Waals surface area contributed by atoms with Crippen LogP contribution in [0.25, 0.3) is 0 Å². The molecule has 0 bridgehead atoms. The van der Waals surface area contributed by atoms with Crippen LogP contribution in [0.4, 0.5) is 5.82 Å². The fourth-order valence-electron chi connectivity index (χ4n) is 1.95. The molecule has 1 saturated heterocycles. The van der Waals surface area contributed by atoms with Crippen molar-refractivity contribution >= 4 is 5.82 Å². The van der Waals surface area contributed by atoms with Crippen LogP contribution in [0, 0.1) is 0 Å². The lowest BCUT2D eigenvalue weighted by atomic mass is 10.1. The summed E-state index contributed by atoms with van der Waals surface area (Å²) in [5.41, 5.74) is 0. The van der Waals surface area contributed by atoms with Gasteiger partial charge >= 0.3 is 0 Å². The molecule has 1 aromatic rings. The minimum absolute atomic E-state index is 0.650. The van der Waals surface area contributed by atoms with Crippen LogP contribution in [0.3, 0.4) is 0 Å². The van der Waals surface area contributed by atoms with Crippen molar-refractivity contribution in [3.8, 4) is 0 Å². The standard InChI is InChI=1S/C10H17N3/c1-11-9-4-3-7-13(8-9)10-5-2-6-12-10/h2,5-6,9,11-12H,3-4,7-8H2,1H3. The maximum Gasteiger partial charge on any atom is 0.105 e. The normalized spacial score (nSPS) is 23.5. The fourth-order valence-corrected chi connectivity index (χ4v) is 1.95. The molecule has 1 aromatic heterocycles. The number of rotatable bonds is 2. The van der Waals surface area contributed by atoms with Gasteiger partial charge in [-0.15, -0.1) is 0 Å². The summed E-state index contributed by atoms with van der Waals surface area (Å²) < 4.78 is 0. The van der Waals surface area contributed by atoms with E-state index in [1.165, 1.54) is 25.2 Å². The zero-order valence-electron chi connectivity index (χ0n) is 8.09. The SMILES string of the molecule is CNC1CCCN(c2ccc[nH]2)C1. The number of aromatic nitrogens is 1. The molecule has 0 saturated carbocycles. The Labute approximate surface area is 79.1 Å². The molecular weight excluding hydrogens is 162 g/mol. The highest BCUT2D eigenvalue weighted by molar-refractivity contribution is 5.39. The first-order valence-corrected chi connectivity index (χ1v) is 4.96. The second-order valence-corrected chi connectivity index (χ2v) is 3.63. The minimum Gasteiger partial charge on any atom is -0.357 e. The number of hydrogen-bond acceptors (Lipinski definition) is 2. The molecule has 2 rings (SSSR count). The van der Waals surface area contributed by atoms with Gasteiger partial charge in [-0.25, -0.2) is 0 Å². The van der Waals surface area contributed by atoms with Crippen LogP contribution in [-0.2, 0) is 0 Å².